The molecule has 0 saturated heterocycles. The van der Waals surface area contributed by atoms with E-state index >= 15 is 0 Å². The second-order valence-electron chi connectivity index (χ2n) is 4.38. The molecule has 0 atom stereocenters. The van der Waals surface area contributed by atoms with Crippen LogP contribution in [0.1, 0.15) is 29.8 Å². The number of para-hydroxylation sites is 1. The number of nitrogens with one attached hydrogen (secondary N) is 1. The quantitative estimate of drug-likeness (QED) is 0.658. The van der Waals surface area contributed by atoms with Crippen molar-refractivity contribution in [2.45, 2.75) is 26.1 Å². The van der Waals surface area contributed by atoms with E-state index in [0.29, 0.717) is 0 Å². The van der Waals surface area contributed by atoms with Crippen LogP contribution < -0.4 is 11.3 Å². The lowest BCUT2D eigenvalue weighted by atomic mass is 10.1. The van der Waals surface area contributed by atoms with Gasteiger partial charge in [0.2, 0.25) is 0 Å². The zero-order valence-electron chi connectivity index (χ0n) is 10.9. The molecule has 0 bridgehead atoms. The molecule has 106 valence electrons. The van der Waals surface area contributed by atoms with E-state index in [2.05, 4.69) is 0 Å². The number of nitrogens with zero attached hydrogens (tertiary/aromatic N) is 1. The minimum absolute atomic E-state index is 0.103. The standard InChI is InChI=1S/C12H16F3N3O/c1-7(2)18(3)11(19)8-5-4-6-9(10(8)17-16)12(13,14)15/h4-7,17H,16H2,1-3H3. The summed E-state index contributed by atoms with van der Waals surface area (Å²) in [6.07, 6.45) is -4.58. The minimum Gasteiger partial charge on any atom is -0.339 e. The molecule has 1 rings (SSSR count). The zero-order chi connectivity index (χ0) is 14.8. The summed E-state index contributed by atoms with van der Waals surface area (Å²) in [5, 5.41) is 0. The van der Waals surface area contributed by atoms with Crippen LogP contribution in [0.3, 0.4) is 0 Å². The number of carbonyl (C=O) groups excluding carboxylic acids is 1. The SMILES string of the molecule is CC(C)N(C)C(=O)c1cccc(C(F)(F)F)c1NN. The Morgan fingerprint density at radius 1 is 1.37 bits per heavy atom. The van der Waals surface area contributed by atoms with Crippen LogP contribution in [0, 0.1) is 0 Å². The van der Waals surface area contributed by atoms with Crippen LogP contribution in [0.25, 0.3) is 0 Å². The van der Waals surface area contributed by atoms with Crippen molar-refractivity contribution in [3.8, 4) is 0 Å². The number of carbonyl (C=O) groups is 1. The molecule has 0 radical (unpaired) electrons. The summed E-state index contributed by atoms with van der Waals surface area (Å²) in [5.74, 6) is 4.62. The molecular formula is C12H16F3N3O. The number of hydrogen-bond donors (Lipinski definition) is 2. The average Bonchev–Trinajstić information content (AvgIpc) is 2.34. The first-order valence-corrected chi connectivity index (χ1v) is 5.64. The molecule has 0 heterocycles. The number of nitrogen functional groups attached to an aromatic ring is 1. The van der Waals surface area contributed by atoms with Gasteiger partial charge in [-0.2, -0.15) is 13.2 Å². The Morgan fingerprint density at radius 3 is 2.37 bits per heavy atom. The first kappa shape index (κ1) is 15.3. The number of rotatable bonds is 3. The topological polar surface area (TPSA) is 58.4 Å². The van der Waals surface area contributed by atoms with Crippen LogP contribution in [0.4, 0.5) is 18.9 Å². The molecule has 0 unspecified atom stereocenters. The highest BCUT2D eigenvalue weighted by molar-refractivity contribution is 6.00. The van der Waals surface area contributed by atoms with Crippen LogP contribution in [0.2, 0.25) is 0 Å². The summed E-state index contributed by atoms with van der Waals surface area (Å²) in [7, 11) is 1.52. The molecule has 0 spiro atoms. The van der Waals surface area contributed by atoms with Crippen molar-refractivity contribution in [3.05, 3.63) is 29.3 Å². The second-order valence-corrected chi connectivity index (χ2v) is 4.38. The largest absolute Gasteiger partial charge is 0.418 e. The fourth-order valence-electron chi connectivity index (χ4n) is 1.55. The Kier molecular flexibility index (Phi) is 4.41. The lowest BCUT2D eigenvalue weighted by molar-refractivity contribution is -0.137. The number of amides is 1. The van der Waals surface area contributed by atoms with Gasteiger partial charge < -0.3 is 10.3 Å². The maximum absolute atomic E-state index is 12.8. The van der Waals surface area contributed by atoms with Gasteiger partial charge in [-0.3, -0.25) is 10.6 Å². The summed E-state index contributed by atoms with van der Waals surface area (Å²) in [6.45, 7) is 3.53. The highest BCUT2D eigenvalue weighted by Crippen LogP contribution is 2.36. The molecule has 0 aliphatic rings. The number of hydrogen-bond acceptors (Lipinski definition) is 3. The van der Waals surface area contributed by atoms with Crippen molar-refractivity contribution in [1.29, 1.82) is 0 Å². The highest BCUT2D eigenvalue weighted by Gasteiger charge is 2.35. The number of nitrogens with two attached hydrogens (primary N) is 1. The lowest BCUT2D eigenvalue weighted by Gasteiger charge is -2.24. The molecule has 0 fully saturated rings. The van der Waals surface area contributed by atoms with Gasteiger partial charge in [0.15, 0.2) is 0 Å². The fourth-order valence-corrected chi connectivity index (χ4v) is 1.55. The molecular weight excluding hydrogens is 259 g/mol. The lowest BCUT2D eigenvalue weighted by Crippen LogP contribution is -2.34. The number of benzene rings is 1. The summed E-state index contributed by atoms with van der Waals surface area (Å²) in [4.78, 5) is 13.5. The molecule has 1 aromatic rings. The van der Waals surface area contributed by atoms with Gasteiger partial charge in [0, 0.05) is 13.1 Å². The molecule has 1 amide bonds. The number of anilines is 1. The zero-order valence-corrected chi connectivity index (χ0v) is 10.9. The van der Waals surface area contributed by atoms with Gasteiger partial charge >= 0.3 is 6.18 Å². The van der Waals surface area contributed by atoms with E-state index in [4.69, 9.17) is 5.84 Å². The van der Waals surface area contributed by atoms with Crippen LogP contribution in [-0.4, -0.2) is 23.9 Å². The molecule has 7 heteroatoms. The first-order valence-electron chi connectivity index (χ1n) is 5.64. The molecule has 4 nitrogen and oxygen atoms in total. The molecule has 0 aromatic heterocycles. The van der Waals surface area contributed by atoms with Crippen molar-refractivity contribution < 1.29 is 18.0 Å². The molecule has 0 aliphatic heterocycles. The van der Waals surface area contributed by atoms with Gasteiger partial charge in [0.25, 0.3) is 5.91 Å². The van der Waals surface area contributed by atoms with Gasteiger partial charge in [-0.05, 0) is 26.0 Å². The predicted octanol–water partition coefficient (Wildman–Crippen LogP) is 2.47. The average molecular weight is 275 g/mol. The summed E-state index contributed by atoms with van der Waals surface area (Å²) < 4.78 is 38.5. The molecule has 1 aromatic carbocycles. The Labute approximate surface area is 109 Å². The molecule has 3 N–H and O–H groups in total. The first-order chi connectivity index (χ1) is 8.70. The van der Waals surface area contributed by atoms with Crippen LogP contribution >= 0.6 is 0 Å². The predicted molar refractivity (Wildman–Crippen MR) is 66.5 cm³/mol. The van der Waals surface area contributed by atoms with E-state index in [0.717, 1.165) is 6.07 Å². The number of alkyl halides is 3. The summed E-state index contributed by atoms with van der Waals surface area (Å²) >= 11 is 0. The van der Waals surface area contributed by atoms with Crippen molar-refractivity contribution in [3.63, 3.8) is 0 Å². The Hall–Kier alpha value is -1.76. The third-order valence-corrected chi connectivity index (χ3v) is 2.84. The molecule has 19 heavy (non-hydrogen) atoms. The smallest absolute Gasteiger partial charge is 0.339 e. The van der Waals surface area contributed by atoms with Crippen LogP contribution in [0.15, 0.2) is 18.2 Å². The van der Waals surface area contributed by atoms with E-state index in [9.17, 15) is 18.0 Å². The maximum atomic E-state index is 12.8. The van der Waals surface area contributed by atoms with Crippen LogP contribution in [-0.2, 0) is 6.18 Å². The van der Waals surface area contributed by atoms with Crippen molar-refractivity contribution >= 4 is 11.6 Å². The normalized spacial score (nSPS) is 11.6. The van der Waals surface area contributed by atoms with Gasteiger partial charge in [-0.15, -0.1) is 0 Å². The van der Waals surface area contributed by atoms with E-state index < -0.39 is 23.3 Å². The van der Waals surface area contributed by atoms with Crippen molar-refractivity contribution in [2.75, 3.05) is 12.5 Å². The van der Waals surface area contributed by atoms with E-state index in [1.54, 1.807) is 13.8 Å². The van der Waals surface area contributed by atoms with E-state index in [1.165, 1.54) is 24.1 Å². The van der Waals surface area contributed by atoms with Crippen molar-refractivity contribution in [1.82, 2.24) is 4.90 Å². The maximum Gasteiger partial charge on any atom is 0.418 e. The minimum atomic E-state index is -4.58. The molecule has 0 aliphatic carbocycles. The van der Waals surface area contributed by atoms with Gasteiger partial charge in [-0.25, -0.2) is 0 Å². The second kappa shape index (κ2) is 5.48. The summed E-state index contributed by atoms with van der Waals surface area (Å²) in [6, 6.07) is 3.24. The van der Waals surface area contributed by atoms with E-state index in [-0.39, 0.29) is 11.6 Å². The molecule has 0 saturated carbocycles. The fraction of sp³-hybridized carbons (Fsp3) is 0.417. The van der Waals surface area contributed by atoms with Gasteiger partial charge in [-0.1, -0.05) is 6.07 Å². The highest BCUT2D eigenvalue weighted by atomic mass is 19.4. The number of hydrazine groups is 1. The monoisotopic (exact) mass is 275 g/mol. The van der Waals surface area contributed by atoms with E-state index in [1.807, 2.05) is 5.43 Å². The Bertz CT molecular complexity index is 472. The third-order valence-electron chi connectivity index (χ3n) is 2.84. The number of halogens is 3. The van der Waals surface area contributed by atoms with Gasteiger partial charge in [0.05, 0.1) is 16.8 Å². The Morgan fingerprint density at radius 2 is 1.95 bits per heavy atom. The Balaban J connectivity index is 3.34. The van der Waals surface area contributed by atoms with Gasteiger partial charge in [0.1, 0.15) is 0 Å². The third kappa shape index (κ3) is 3.17. The summed E-state index contributed by atoms with van der Waals surface area (Å²) in [5.41, 5.74) is 0.505. The van der Waals surface area contributed by atoms with Crippen LogP contribution in [0.5, 0.6) is 0 Å². The van der Waals surface area contributed by atoms with Crippen molar-refractivity contribution in [2.24, 2.45) is 5.84 Å².